The van der Waals surface area contributed by atoms with E-state index in [9.17, 15) is 0 Å². The molecule has 0 saturated heterocycles. The highest BCUT2D eigenvalue weighted by atomic mass is 16.0. The summed E-state index contributed by atoms with van der Waals surface area (Å²) in [5.41, 5.74) is 6.00. The zero-order chi connectivity index (χ0) is 21.3. The van der Waals surface area contributed by atoms with Gasteiger partial charge in [-0.1, -0.05) is 78.6 Å². The van der Waals surface area contributed by atoms with Gasteiger partial charge in [0, 0.05) is 0 Å². The Morgan fingerprint density at radius 2 is 0.875 bits per heavy atom. The summed E-state index contributed by atoms with van der Waals surface area (Å²) in [5, 5.41) is 0. The molecular weight excluding hydrogens is 394 g/mol. The Balaban J connectivity index is 0.00000256. The molecule has 6 N–H and O–H groups in total. The van der Waals surface area contributed by atoms with Gasteiger partial charge in [-0.3, -0.25) is 0 Å². The molecule has 3 fully saturated rings. The van der Waals surface area contributed by atoms with Crippen LogP contribution in [0.1, 0.15) is 130 Å². The van der Waals surface area contributed by atoms with Gasteiger partial charge < -0.3 is 16.7 Å². The molecule has 0 aromatic heterocycles. The molecule has 7 atom stereocenters. The van der Waals surface area contributed by atoms with Gasteiger partial charge in [0.2, 0.25) is 0 Å². The first-order valence-corrected chi connectivity index (χ1v) is 14.4. The fourth-order valence-corrected chi connectivity index (χ4v) is 8.53. The molecular formula is C29H59NO2. The van der Waals surface area contributed by atoms with E-state index in [1.54, 1.807) is 44.9 Å². The second kappa shape index (κ2) is 15.7. The SMILES string of the molecule is CCCC1CC(CCC)CC(C2CCCC(C3CC(CCC)CC(CCN)C3)C2)C1.O.O. The molecule has 0 aromatic carbocycles. The normalized spacial score (nSPS) is 37.9. The fraction of sp³-hybridized carbons (Fsp3) is 1.00. The lowest BCUT2D eigenvalue weighted by molar-refractivity contribution is 0.0542. The van der Waals surface area contributed by atoms with E-state index in [0.717, 1.165) is 53.9 Å². The fourth-order valence-electron chi connectivity index (χ4n) is 8.53. The number of rotatable bonds is 10. The van der Waals surface area contributed by atoms with Crippen molar-refractivity contribution in [1.29, 1.82) is 0 Å². The summed E-state index contributed by atoms with van der Waals surface area (Å²) in [6, 6.07) is 0. The van der Waals surface area contributed by atoms with Crippen LogP contribution in [0.5, 0.6) is 0 Å². The Morgan fingerprint density at radius 3 is 1.22 bits per heavy atom. The minimum absolute atomic E-state index is 0. The van der Waals surface area contributed by atoms with Crippen LogP contribution in [0, 0.1) is 47.3 Å². The van der Waals surface area contributed by atoms with Crippen LogP contribution in [0.15, 0.2) is 0 Å². The molecule has 3 heteroatoms. The number of nitrogens with two attached hydrogens (primary N) is 1. The molecule has 3 aliphatic carbocycles. The quantitative estimate of drug-likeness (QED) is 0.380. The largest absolute Gasteiger partial charge is 0.412 e. The van der Waals surface area contributed by atoms with Gasteiger partial charge in [0.25, 0.3) is 0 Å². The highest BCUT2D eigenvalue weighted by molar-refractivity contribution is 4.90. The Kier molecular flexibility index (Phi) is 14.7. The van der Waals surface area contributed by atoms with Crippen LogP contribution in [0.2, 0.25) is 0 Å². The summed E-state index contributed by atoms with van der Waals surface area (Å²) < 4.78 is 0. The van der Waals surface area contributed by atoms with Crippen molar-refractivity contribution in [3.63, 3.8) is 0 Å². The van der Waals surface area contributed by atoms with Crippen molar-refractivity contribution in [3.05, 3.63) is 0 Å². The Morgan fingerprint density at radius 1 is 0.500 bits per heavy atom. The van der Waals surface area contributed by atoms with Crippen molar-refractivity contribution < 1.29 is 11.0 Å². The van der Waals surface area contributed by atoms with Crippen LogP contribution >= 0.6 is 0 Å². The molecule has 0 aliphatic heterocycles. The Bertz CT molecular complexity index is 402. The molecule has 0 aromatic rings. The lowest BCUT2D eigenvalue weighted by Crippen LogP contribution is -2.35. The van der Waals surface area contributed by atoms with E-state index in [1.807, 2.05) is 0 Å². The predicted octanol–water partition coefficient (Wildman–Crippen LogP) is 6.96. The molecule has 192 valence electrons. The molecule has 32 heavy (non-hydrogen) atoms. The van der Waals surface area contributed by atoms with Crippen LogP contribution in [0.4, 0.5) is 0 Å². The molecule has 7 unspecified atom stereocenters. The van der Waals surface area contributed by atoms with Gasteiger partial charge >= 0.3 is 0 Å². The van der Waals surface area contributed by atoms with Crippen molar-refractivity contribution in [3.8, 4) is 0 Å². The molecule has 0 amide bonds. The third kappa shape index (κ3) is 8.58. The average molecular weight is 454 g/mol. The van der Waals surface area contributed by atoms with Crippen molar-refractivity contribution in [2.75, 3.05) is 6.54 Å². The minimum atomic E-state index is 0. The maximum absolute atomic E-state index is 6.00. The van der Waals surface area contributed by atoms with Crippen LogP contribution in [-0.4, -0.2) is 17.5 Å². The smallest absolute Gasteiger partial charge is 0.00746 e. The second-order valence-corrected chi connectivity index (χ2v) is 12.0. The second-order valence-electron chi connectivity index (χ2n) is 12.0. The number of hydrogen-bond donors (Lipinski definition) is 1. The van der Waals surface area contributed by atoms with Gasteiger partial charge in [-0.25, -0.2) is 0 Å². The van der Waals surface area contributed by atoms with Crippen molar-refractivity contribution in [2.45, 2.75) is 130 Å². The van der Waals surface area contributed by atoms with E-state index in [2.05, 4.69) is 20.8 Å². The van der Waals surface area contributed by atoms with Crippen LogP contribution in [0.25, 0.3) is 0 Å². The first-order chi connectivity index (χ1) is 14.7. The third-order valence-corrected chi connectivity index (χ3v) is 9.63. The minimum Gasteiger partial charge on any atom is -0.412 e. The summed E-state index contributed by atoms with van der Waals surface area (Å²) in [4.78, 5) is 0. The highest BCUT2D eigenvalue weighted by Gasteiger charge is 2.39. The van der Waals surface area contributed by atoms with Crippen molar-refractivity contribution >= 4 is 0 Å². The summed E-state index contributed by atoms with van der Waals surface area (Å²) in [6.07, 6.45) is 25.4. The average Bonchev–Trinajstić information content (AvgIpc) is 2.74. The van der Waals surface area contributed by atoms with Crippen molar-refractivity contribution in [2.24, 2.45) is 53.1 Å². The van der Waals surface area contributed by atoms with Gasteiger partial charge in [0.05, 0.1) is 0 Å². The summed E-state index contributed by atoms with van der Waals surface area (Å²) >= 11 is 0. The van der Waals surface area contributed by atoms with E-state index in [4.69, 9.17) is 5.73 Å². The maximum atomic E-state index is 6.00. The zero-order valence-electron chi connectivity index (χ0n) is 21.9. The predicted molar refractivity (Wildman–Crippen MR) is 140 cm³/mol. The van der Waals surface area contributed by atoms with E-state index >= 15 is 0 Å². The monoisotopic (exact) mass is 453 g/mol. The standard InChI is InChI=1S/C29H55N.2H2O/c1-4-8-22-15-23(9-5-2)18-28(17-22)26-11-7-12-27(21-26)29-19-24(10-6-3)16-25(20-29)13-14-30;;/h22-29H,4-21,30H2,1-3H3;2*1H2. The molecule has 3 rings (SSSR count). The Hall–Kier alpha value is -0.120. The lowest BCUT2D eigenvalue weighted by atomic mass is 9.60. The van der Waals surface area contributed by atoms with E-state index in [0.29, 0.717) is 0 Å². The van der Waals surface area contributed by atoms with Gasteiger partial charge in [0.15, 0.2) is 0 Å². The van der Waals surface area contributed by atoms with E-state index in [-0.39, 0.29) is 11.0 Å². The number of hydrogen-bond acceptors (Lipinski definition) is 1. The molecule has 3 aliphatic rings. The highest BCUT2D eigenvalue weighted by Crippen LogP contribution is 2.50. The third-order valence-electron chi connectivity index (χ3n) is 9.63. The van der Waals surface area contributed by atoms with E-state index < -0.39 is 0 Å². The first kappa shape index (κ1) is 29.9. The first-order valence-electron chi connectivity index (χ1n) is 14.4. The molecule has 0 bridgehead atoms. The maximum Gasteiger partial charge on any atom is -0.00746 e. The van der Waals surface area contributed by atoms with Gasteiger partial charge in [-0.2, -0.15) is 0 Å². The van der Waals surface area contributed by atoms with Gasteiger partial charge in [-0.05, 0) is 105 Å². The molecule has 3 saturated carbocycles. The lowest BCUT2D eigenvalue weighted by Gasteiger charge is -2.45. The van der Waals surface area contributed by atoms with Crippen LogP contribution < -0.4 is 5.73 Å². The Labute approximate surface area is 200 Å². The van der Waals surface area contributed by atoms with Crippen LogP contribution in [0.3, 0.4) is 0 Å². The zero-order valence-corrected chi connectivity index (χ0v) is 21.9. The summed E-state index contributed by atoms with van der Waals surface area (Å²) in [5.74, 6) is 8.21. The van der Waals surface area contributed by atoms with Gasteiger partial charge in [-0.15, -0.1) is 0 Å². The molecule has 0 radical (unpaired) electrons. The molecule has 0 heterocycles. The van der Waals surface area contributed by atoms with Crippen LogP contribution in [-0.2, 0) is 0 Å². The van der Waals surface area contributed by atoms with Crippen molar-refractivity contribution in [1.82, 2.24) is 0 Å². The summed E-state index contributed by atoms with van der Waals surface area (Å²) in [7, 11) is 0. The molecule has 3 nitrogen and oxygen atoms in total. The molecule has 0 spiro atoms. The van der Waals surface area contributed by atoms with E-state index in [1.165, 1.54) is 64.2 Å². The van der Waals surface area contributed by atoms with Gasteiger partial charge in [0.1, 0.15) is 0 Å². The topological polar surface area (TPSA) is 89.0 Å². The summed E-state index contributed by atoms with van der Waals surface area (Å²) in [6.45, 7) is 8.11.